The van der Waals surface area contributed by atoms with Gasteiger partial charge in [-0.2, -0.15) is 0 Å². The first-order valence-corrected chi connectivity index (χ1v) is 7.72. The zero-order chi connectivity index (χ0) is 15.7. The van der Waals surface area contributed by atoms with Gasteiger partial charge in [-0.05, 0) is 43.9 Å². The number of amides is 1. The second kappa shape index (κ2) is 9.27. The van der Waals surface area contributed by atoms with Crippen LogP contribution in [0.15, 0.2) is 18.2 Å². The Labute approximate surface area is 127 Å². The maximum Gasteiger partial charge on any atom is 0.220 e. The lowest BCUT2D eigenvalue weighted by Gasteiger charge is -2.12. The first-order chi connectivity index (χ1) is 10.1. The van der Waals surface area contributed by atoms with Crippen LogP contribution in [0, 0.1) is 5.92 Å². The smallest absolute Gasteiger partial charge is 0.220 e. The molecule has 0 heterocycles. The van der Waals surface area contributed by atoms with E-state index in [4.69, 9.17) is 9.47 Å². The minimum Gasteiger partial charge on any atom is -0.490 e. The van der Waals surface area contributed by atoms with Crippen molar-refractivity contribution < 1.29 is 14.3 Å². The monoisotopic (exact) mass is 293 g/mol. The summed E-state index contributed by atoms with van der Waals surface area (Å²) in [7, 11) is 0. The number of hydrogen-bond acceptors (Lipinski definition) is 3. The average Bonchev–Trinajstić information content (AvgIpc) is 2.45. The largest absolute Gasteiger partial charge is 0.490 e. The molecule has 0 aliphatic heterocycles. The normalized spacial score (nSPS) is 10.5. The van der Waals surface area contributed by atoms with Crippen molar-refractivity contribution >= 4 is 5.91 Å². The van der Waals surface area contributed by atoms with Gasteiger partial charge in [0, 0.05) is 13.0 Å². The fraction of sp³-hybridized carbons (Fsp3) is 0.588. The van der Waals surface area contributed by atoms with E-state index < -0.39 is 0 Å². The van der Waals surface area contributed by atoms with Gasteiger partial charge in [-0.3, -0.25) is 4.79 Å². The molecule has 0 saturated carbocycles. The maximum atomic E-state index is 11.7. The van der Waals surface area contributed by atoms with E-state index in [-0.39, 0.29) is 5.91 Å². The molecular weight excluding hydrogens is 266 g/mol. The number of rotatable bonds is 9. The maximum absolute atomic E-state index is 11.7. The number of carbonyl (C=O) groups is 1. The quantitative estimate of drug-likeness (QED) is 0.760. The van der Waals surface area contributed by atoms with Crippen LogP contribution < -0.4 is 14.8 Å². The van der Waals surface area contributed by atoms with Gasteiger partial charge < -0.3 is 14.8 Å². The molecule has 118 valence electrons. The molecule has 0 spiro atoms. The van der Waals surface area contributed by atoms with Crippen LogP contribution in [0.25, 0.3) is 0 Å². The van der Waals surface area contributed by atoms with Crippen LogP contribution in [0.4, 0.5) is 0 Å². The molecule has 0 aromatic heterocycles. The fourth-order valence-electron chi connectivity index (χ4n) is 1.92. The number of hydrogen-bond donors (Lipinski definition) is 1. The molecule has 1 aromatic carbocycles. The Morgan fingerprint density at radius 1 is 1.14 bits per heavy atom. The van der Waals surface area contributed by atoms with Gasteiger partial charge in [-0.25, -0.2) is 0 Å². The van der Waals surface area contributed by atoms with Crippen molar-refractivity contribution in [3.05, 3.63) is 23.8 Å². The van der Waals surface area contributed by atoms with E-state index in [1.807, 2.05) is 32.0 Å². The van der Waals surface area contributed by atoms with Gasteiger partial charge in [0.15, 0.2) is 11.5 Å². The number of benzene rings is 1. The van der Waals surface area contributed by atoms with E-state index in [0.29, 0.717) is 32.0 Å². The zero-order valence-corrected chi connectivity index (χ0v) is 13.6. The topological polar surface area (TPSA) is 47.6 Å². The van der Waals surface area contributed by atoms with Crippen molar-refractivity contribution in [2.45, 2.75) is 40.5 Å². The predicted octanol–water partition coefficient (Wildman–Crippen LogP) is 3.19. The van der Waals surface area contributed by atoms with Crippen LogP contribution >= 0.6 is 0 Å². The van der Waals surface area contributed by atoms with Gasteiger partial charge in [-0.1, -0.05) is 19.9 Å². The highest BCUT2D eigenvalue weighted by atomic mass is 16.5. The second-order valence-electron chi connectivity index (χ2n) is 5.35. The SMILES string of the molecule is CCOc1ccc(CCC(=O)NCC(C)C)cc1OCC. The lowest BCUT2D eigenvalue weighted by Crippen LogP contribution is -2.27. The summed E-state index contributed by atoms with van der Waals surface area (Å²) in [6.45, 7) is 9.99. The number of aryl methyl sites for hydroxylation is 1. The highest BCUT2D eigenvalue weighted by Crippen LogP contribution is 2.28. The Morgan fingerprint density at radius 3 is 2.43 bits per heavy atom. The zero-order valence-electron chi connectivity index (χ0n) is 13.6. The Kier molecular flexibility index (Phi) is 7.65. The molecule has 0 bridgehead atoms. The number of carbonyl (C=O) groups excluding carboxylic acids is 1. The van der Waals surface area contributed by atoms with E-state index in [2.05, 4.69) is 19.2 Å². The molecule has 0 saturated heterocycles. The van der Waals surface area contributed by atoms with Crippen molar-refractivity contribution in [1.82, 2.24) is 5.32 Å². The van der Waals surface area contributed by atoms with Crippen molar-refractivity contribution in [1.29, 1.82) is 0 Å². The molecule has 1 aromatic rings. The summed E-state index contributed by atoms with van der Waals surface area (Å²) in [6, 6.07) is 5.86. The van der Waals surface area contributed by atoms with E-state index in [1.165, 1.54) is 0 Å². The van der Waals surface area contributed by atoms with Crippen LogP contribution in [0.3, 0.4) is 0 Å². The summed E-state index contributed by atoms with van der Waals surface area (Å²) in [5, 5.41) is 2.93. The van der Waals surface area contributed by atoms with Gasteiger partial charge in [0.1, 0.15) is 0 Å². The lowest BCUT2D eigenvalue weighted by atomic mass is 10.1. The van der Waals surface area contributed by atoms with Gasteiger partial charge in [0.2, 0.25) is 5.91 Å². The third-order valence-electron chi connectivity index (χ3n) is 2.96. The molecule has 4 heteroatoms. The van der Waals surface area contributed by atoms with Crippen LogP contribution in [-0.2, 0) is 11.2 Å². The van der Waals surface area contributed by atoms with Gasteiger partial charge >= 0.3 is 0 Å². The molecule has 21 heavy (non-hydrogen) atoms. The van der Waals surface area contributed by atoms with Crippen LogP contribution in [0.2, 0.25) is 0 Å². The predicted molar refractivity (Wildman–Crippen MR) is 84.9 cm³/mol. The van der Waals surface area contributed by atoms with E-state index in [0.717, 1.165) is 23.6 Å². The third kappa shape index (κ3) is 6.52. The highest BCUT2D eigenvalue weighted by Gasteiger charge is 2.08. The first kappa shape index (κ1) is 17.3. The van der Waals surface area contributed by atoms with Gasteiger partial charge in [-0.15, -0.1) is 0 Å². The van der Waals surface area contributed by atoms with E-state index in [1.54, 1.807) is 0 Å². The summed E-state index contributed by atoms with van der Waals surface area (Å²) >= 11 is 0. The molecule has 1 amide bonds. The molecule has 0 atom stereocenters. The summed E-state index contributed by atoms with van der Waals surface area (Å²) in [4.78, 5) is 11.7. The fourth-order valence-corrected chi connectivity index (χ4v) is 1.92. The summed E-state index contributed by atoms with van der Waals surface area (Å²) in [5.74, 6) is 2.08. The van der Waals surface area contributed by atoms with Crippen molar-refractivity contribution in [2.75, 3.05) is 19.8 Å². The van der Waals surface area contributed by atoms with Crippen LogP contribution in [-0.4, -0.2) is 25.7 Å². The summed E-state index contributed by atoms with van der Waals surface area (Å²) in [6.07, 6.45) is 1.20. The number of ether oxygens (including phenoxy) is 2. The Bertz CT molecular complexity index is 444. The van der Waals surface area contributed by atoms with Gasteiger partial charge in [0.25, 0.3) is 0 Å². The molecule has 0 aliphatic rings. The van der Waals surface area contributed by atoms with Gasteiger partial charge in [0.05, 0.1) is 13.2 Å². The highest BCUT2D eigenvalue weighted by molar-refractivity contribution is 5.76. The summed E-state index contributed by atoms with van der Waals surface area (Å²) < 4.78 is 11.1. The minimum absolute atomic E-state index is 0.0931. The molecule has 1 N–H and O–H groups in total. The molecular formula is C17H27NO3. The van der Waals surface area contributed by atoms with Crippen molar-refractivity contribution in [2.24, 2.45) is 5.92 Å². The second-order valence-corrected chi connectivity index (χ2v) is 5.35. The minimum atomic E-state index is 0.0931. The van der Waals surface area contributed by atoms with Crippen LogP contribution in [0.5, 0.6) is 11.5 Å². The van der Waals surface area contributed by atoms with Crippen LogP contribution in [0.1, 0.15) is 39.7 Å². The molecule has 1 rings (SSSR count). The first-order valence-electron chi connectivity index (χ1n) is 7.72. The Balaban J connectivity index is 2.58. The van der Waals surface area contributed by atoms with Crippen molar-refractivity contribution in [3.8, 4) is 11.5 Å². The lowest BCUT2D eigenvalue weighted by molar-refractivity contribution is -0.121. The summed E-state index contributed by atoms with van der Waals surface area (Å²) in [5.41, 5.74) is 1.08. The van der Waals surface area contributed by atoms with Crippen molar-refractivity contribution in [3.63, 3.8) is 0 Å². The molecule has 0 fully saturated rings. The molecule has 4 nitrogen and oxygen atoms in total. The Morgan fingerprint density at radius 2 is 1.81 bits per heavy atom. The Hall–Kier alpha value is -1.71. The molecule has 0 unspecified atom stereocenters. The number of nitrogens with one attached hydrogen (secondary N) is 1. The molecule has 0 aliphatic carbocycles. The third-order valence-corrected chi connectivity index (χ3v) is 2.96. The standard InChI is InChI=1S/C17H27NO3/c1-5-20-15-9-7-14(11-16(15)21-6-2)8-10-17(19)18-12-13(3)4/h7,9,11,13H,5-6,8,10,12H2,1-4H3,(H,18,19). The van der Waals surface area contributed by atoms with E-state index in [9.17, 15) is 4.79 Å². The van der Waals surface area contributed by atoms with E-state index >= 15 is 0 Å². The average molecular weight is 293 g/mol. The molecule has 0 radical (unpaired) electrons.